The van der Waals surface area contributed by atoms with Gasteiger partial charge < -0.3 is 15.3 Å². The van der Waals surface area contributed by atoms with E-state index in [2.05, 4.69) is 22.2 Å². The Morgan fingerprint density at radius 3 is 2.31 bits per heavy atom. The summed E-state index contributed by atoms with van der Waals surface area (Å²) in [7, 11) is -1.92. The predicted octanol–water partition coefficient (Wildman–Crippen LogP) is 2.08. The summed E-state index contributed by atoms with van der Waals surface area (Å²) in [6.07, 6.45) is 5.44. The number of carbonyl (C=O) groups is 2. The average Bonchev–Trinajstić information content (AvgIpc) is 3.02. The fourth-order valence-electron chi connectivity index (χ4n) is 6.41. The Morgan fingerprint density at radius 1 is 1.16 bits per heavy atom. The molecule has 3 saturated carbocycles. The van der Waals surface area contributed by atoms with Crippen LogP contribution in [0.25, 0.3) is 0 Å². The second-order valence-electron chi connectivity index (χ2n) is 10.7. The summed E-state index contributed by atoms with van der Waals surface area (Å²) in [4.78, 5) is 27.4. The van der Waals surface area contributed by atoms with Crippen molar-refractivity contribution in [2.45, 2.75) is 70.9 Å². The highest BCUT2D eigenvalue weighted by Gasteiger charge is 2.65. The van der Waals surface area contributed by atoms with Gasteiger partial charge >= 0.3 is 6.09 Å². The molecule has 0 spiro atoms. The highest BCUT2D eigenvalue weighted by Crippen LogP contribution is 2.64. The van der Waals surface area contributed by atoms with Crippen LogP contribution in [-0.4, -0.2) is 90.8 Å². The first kappa shape index (κ1) is 25.4. The van der Waals surface area contributed by atoms with Crippen LogP contribution in [0.3, 0.4) is 0 Å². The fraction of sp³-hybridized carbons (Fsp3) is 0.909. The maximum atomic E-state index is 11.9. The summed E-state index contributed by atoms with van der Waals surface area (Å²) in [5.41, 5.74) is -1.12. The molecule has 0 aromatic carbocycles. The van der Waals surface area contributed by atoms with Crippen LogP contribution in [0.2, 0.25) is 0 Å². The van der Waals surface area contributed by atoms with Gasteiger partial charge in [0.05, 0.1) is 11.2 Å². The van der Waals surface area contributed by atoms with Gasteiger partial charge in [-0.15, -0.1) is 0 Å². The normalized spacial score (nSPS) is 35.2. The van der Waals surface area contributed by atoms with E-state index in [0.717, 1.165) is 51.9 Å². The van der Waals surface area contributed by atoms with Crippen molar-refractivity contribution in [3.05, 3.63) is 0 Å². The lowest BCUT2D eigenvalue weighted by atomic mass is 9.70. The van der Waals surface area contributed by atoms with E-state index in [4.69, 9.17) is 9.66 Å². The lowest BCUT2D eigenvalue weighted by Crippen LogP contribution is -2.52. The molecule has 1 heterocycles. The van der Waals surface area contributed by atoms with Gasteiger partial charge in [-0.2, -0.15) is 8.42 Å². The Morgan fingerprint density at radius 2 is 1.81 bits per heavy atom. The second-order valence-corrected chi connectivity index (χ2v) is 12.2. The van der Waals surface area contributed by atoms with Crippen LogP contribution in [0.4, 0.5) is 4.79 Å². The Labute approximate surface area is 191 Å². The van der Waals surface area contributed by atoms with E-state index in [1.165, 1.54) is 6.42 Å². The molecule has 32 heavy (non-hydrogen) atoms. The number of ketones is 1. The van der Waals surface area contributed by atoms with Crippen LogP contribution in [0, 0.1) is 16.7 Å². The minimum absolute atomic E-state index is 0.0152. The molecule has 0 unspecified atom stereocenters. The van der Waals surface area contributed by atoms with Crippen molar-refractivity contribution in [2.75, 3.05) is 39.0 Å². The molecule has 9 nitrogen and oxygen atoms in total. The van der Waals surface area contributed by atoms with Crippen LogP contribution in [0.5, 0.6) is 0 Å². The van der Waals surface area contributed by atoms with E-state index in [0.29, 0.717) is 18.9 Å². The van der Waals surface area contributed by atoms with Crippen LogP contribution in [-0.2, 0) is 14.9 Å². The number of hydrogen-bond acceptors (Lipinski definition) is 6. The van der Waals surface area contributed by atoms with E-state index in [1.807, 2.05) is 13.8 Å². The van der Waals surface area contributed by atoms with E-state index >= 15 is 0 Å². The molecule has 1 aliphatic heterocycles. The quantitative estimate of drug-likeness (QED) is 0.530. The van der Waals surface area contributed by atoms with Crippen LogP contribution in [0.15, 0.2) is 0 Å². The third kappa shape index (κ3) is 5.46. The van der Waals surface area contributed by atoms with E-state index < -0.39 is 27.4 Å². The van der Waals surface area contributed by atoms with Gasteiger partial charge in [-0.25, -0.2) is 4.79 Å². The lowest BCUT2D eigenvalue weighted by Gasteiger charge is -2.41. The van der Waals surface area contributed by atoms with Crippen molar-refractivity contribution < 1.29 is 27.7 Å². The number of fused-ring (bicyclic) bond motifs is 2. The van der Waals surface area contributed by atoms with Gasteiger partial charge in [-0.3, -0.25) is 14.2 Å². The van der Waals surface area contributed by atoms with E-state index in [9.17, 15) is 18.0 Å². The third-order valence-corrected chi connectivity index (χ3v) is 9.45. The highest BCUT2D eigenvalue weighted by molar-refractivity contribution is 7.85. The molecule has 184 valence electrons. The van der Waals surface area contributed by atoms with Gasteiger partial charge in [-0.05, 0) is 56.9 Å². The number of carboxylic acid groups (broad SMARTS) is 1. The molecule has 10 heteroatoms. The van der Waals surface area contributed by atoms with Crippen molar-refractivity contribution in [1.82, 2.24) is 15.1 Å². The molecule has 4 fully saturated rings. The Hall–Kier alpha value is -1.23. The van der Waals surface area contributed by atoms with Crippen LogP contribution >= 0.6 is 0 Å². The van der Waals surface area contributed by atoms with Crippen molar-refractivity contribution >= 4 is 22.0 Å². The summed E-state index contributed by atoms with van der Waals surface area (Å²) in [5, 5.41) is 11.4. The van der Waals surface area contributed by atoms with Crippen molar-refractivity contribution in [3.8, 4) is 0 Å². The molecule has 0 aromatic rings. The smallest absolute Gasteiger partial charge is 0.404 e. The molecule has 4 aliphatic rings. The molecular formula is C22H39N3O6S. The van der Waals surface area contributed by atoms with Gasteiger partial charge in [-0.1, -0.05) is 13.8 Å². The van der Waals surface area contributed by atoms with Gasteiger partial charge in [0.15, 0.2) is 0 Å². The number of nitrogens with zero attached hydrogens (tertiary/aromatic N) is 2. The number of rotatable bonds is 4. The molecular weight excluding hydrogens is 434 g/mol. The Balaban J connectivity index is 0.000000182. The second kappa shape index (κ2) is 9.56. The van der Waals surface area contributed by atoms with Gasteiger partial charge in [0.25, 0.3) is 10.1 Å². The van der Waals surface area contributed by atoms with Crippen molar-refractivity contribution in [1.29, 1.82) is 0 Å². The molecule has 4 rings (SSSR count). The van der Waals surface area contributed by atoms with Gasteiger partial charge in [0, 0.05) is 44.7 Å². The largest absolute Gasteiger partial charge is 0.465 e. The summed E-state index contributed by atoms with van der Waals surface area (Å²) in [6.45, 7) is 8.41. The summed E-state index contributed by atoms with van der Waals surface area (Å²) in [5.74, 6) is -0.101. The van der Waals surface area contributed by atoms with Crippen LogP contribution < -0.4 is 5.32 Å². The SMILES string of the molecule is CC1(C)[C@@H]2CC[C@@]1(CS(=O)(=O)O)C(=O)C2.CN1CCN([C@@H]2CCC[C@H](NC(=O)O)C2)CC1. The first-order chi connectivity index (χ1) is 14.8. The van der Waals surface area contributed by atoms with Crippen LogP contribution in [0.1, 0.15) is 58.8 Å². The summed E-state index contributed by atoms with van der Waals surface area (Å²) in [6, 6.07) is 0.736. The van der Waals surface area contributed by atoms with E-state index in [-0.39, 0.29) is 23.2 Å². The van der Waals surface area contributed by atoms with Crippen molar-refractivity contribution in [3.63, 3.8) is 0 Å². The number of carbonyl (C=O) groups excluding carboxylic acids is 1. The maximum Gasteiger partial charge on any atom is 0.404 e. The number of nitrogens with one attached hydrogen (secondary N) is 1. The highest BCUT2D eigenvalue weighted by atomic mass is 32.2. The molecule has 1 saturated heterocycles. The molecule has 3 N–H and O–H groups in total. The predicted molar refractivity (Wildman–Crippen MR) is 121 cm³/mol. The minimum Gasteiger partial charge on any atom is -0.465 e. The Kier molecular flexibility index (Phi) is 7.59. The Bertz CT molecular complexity index is 808. The zero-order chi connectivity index (χ0) is 23.7. The number of amides is 1. The number of hydrogen-bond donors (Lipinski definition) is 3. The van der Waals surface area contributed by atoms with Gasteiger partial charge in [0.2, 0.25) is 0 Å². The molecule has 4 atom stereocenters. The standard InChI is InChI=1S/C12H23N3O2.C10H16O4S/c1-14-5-7-15(8-6-14)11-4-2-3-10(9-11)13-12(16)17;1-9(2)7-3-4-10(9,8(11)5-7)6-15(12,13)14/h10-11,13H,2-9H2,1H3,(H,16,17);7H,3-6H2,1-2H3,(H,12,13,14)/t10-,11+;7-,10-/m01/s1. The summed E-state index contributed by atoms with van der Waals surface area (Å²) < 4.78 is 31.0. The zero-order valence-electron chi connectivity index (χ0n) is 19.5. The maximum absolute atomic E-state index is 11.9. The third-order valence-electron chi connectivity index (χ3n) is 8.60. The molecule has 1 amide bonds. The minimum atomic E-state index is -4.08. The fourth-order valence-corrected chi connectivity index (χ4v) is 7.71. The first-order valence-corrected chi connectivity index (χ1v) is 13.4. The number of Topliss-reactive ketones (excluding diaryl/α,β-unsaturated/α-hetero) is 1. The zero-order valence-corrected chi connectivity index (χ0v) is 20.4. The van der Waals surface area contributed by atoms with Gasteiger partial charge in [0.1, 0.15) is 5.78 Å². The lowest BCUT2D eigenvalue weighted by molar-refractivity contribution is -0.128. The number of likely N-dealkylation sites (N-methyl/N-ethyl adjacent to an activating group) is 1. The summed E-state index contributed by atoms with van der Waals surface area (Å²) >= 11 is 0. The molecule has 0 radical (unpaired) electrons. The topological polar surface area (TPSA) is 127 Å². The van der Waals surface area contributed by atoms with Crippen molar-refractivity contribution in [2.24, 2.45) is 16.7 Å². The average molecular weight is 474 g/mol. The monoisotopic (exact) mass is 473 g/mol. The first-order valence-electron chi connectivity index (χ1n) is 11.7. The number of piperazine rings is 1. The molecule has 2 bridgehead atoms. The van der Waals surface area contributed by atoms with E-state index in [1.54, 1.807) is 0 Å². The molecule has 3 aliphatic carbocycles. The molecule has 0 aromatic heterocycles.